The fraction of sp³-hybridized carbons (Fsp3) is 0.222. The molecule has 2 N–H and O–H groups in total. The molecule has 0 aliphatic rings. The van der Waals surface area contributed by atoms with Gasteiger partial charge in [-0.15, -0.1) is 6.58 Å². The summed E-state index contributed by atoms with van der Waals surface area (Å²) in [6, 6.07) is 9.59. The molecule has 0 atom stereocenters. The third-order valence-corrected chi connectivity index (χ3v) is 3.28. The van der Waals surface area contributed by atoms with E-state index in [9.17, 15) is 4.79 Å². The molecule has 0 fully saturated rings. The number of pyridine rings is 1. The van der Waals surface area contributed by atoms with E-state index in [4.69, 9.17) is 4.74 Å². The minimum atomic E-state index is -0.136. The number of methoxy groups -OCH3 is 1. The highest BCUT2D eigenvalue weighted by molar-refractivity contribution is 5.94. The van der Waals surface area contributed by atoms with Crippen LogP contribution in [-0.2, 0) is 6.42 Å². The van der Waals surface area contributed by atoms with Crippen molar-refractivity contribution in [2.45, 2.75) is 6.42 Å². The number of aromatic nitrogens is 1. The topological polar surface area (TPSA) is 63.2 Å². The van der Waals surface area contributed by atoms with Gasteiger partial charge in [-0.2, -0.15) is 0 Å². The van der Waals surface area contributed by atoms with Gasteiger partial charge >= 0.3 is 0 Å². The van der Waals surface area contributed by atoms with Gasteiger partial charge in [-0.25, -0.2) is 0 Å². The number of hydrogen-bond donors (Lipinski definition) is 2. The van der Waals surface area contributed by atoms with E-state index in [0.717, 1.165) is 23.4 Å². The van der Waals surface area contributed by atoms with Crippen molar-refractivity contribution in [1.82, 2.24) is 10.3 Å². The molecule has 0 unspecified atom stereocenters. The Balaban J connectivity index is 1.88. The molecular weight excluding hydrogens is 290 g/mol. The zero-order valence-corrected chi connectivity index (χ0v) is 13.2. The van der Waals surface area contributed by atoms with Crippen molar-refractivity contribution < 1.29 is 9.53 Å². The fourth-order valence-corrected chi connectivity index (χ4v) is 2.10. The van der Waals surface area contributed by atoms with E-state index >= 15 is 0 Å². The van der Waals surface area contributed by atoms with E-state index in [1.807, 2.05) is 24.3 Å². The van der Waals surface area contributed by atoms with Crippen molar-refractivity contribution in [1.29, 1.82) is 0 Å². The van der Waals surface area contributed by atoms with Crippen LogP contribution >= 0.6 is 0 Å². The first-order valence-corrected chi connectivity index (χ1v) is 7.44. The summed E-state index contributed by atoms with van der Waals surface area (Å²) in [6.45, 7) is 4.82. The van der Waals surface area contributed by atoms with Gasteiger partial charge < -0.3 is 15.4 Å². The minimum absolute atomic E-state index is 0.136. The Morgan fingerprint density at radius 2 is 2.22 bits per heavy atom. The Kier molecular flexibility index (Phi) is 6.17. The molecule has 0 radical (unpaired) electrons. The van der Waals surface area contributed by atoms with Gasteiger partial charge in [0, 0.05) is 25.5 Å². The Morgan fingerprint density at radius 3 is 3.00 bits per heavy atom. The summed E-state index contributed by atoms with van der Waals surface area (Å²) < 4.78 is 5.19. The van der Waals surface area contributed by atoms with E-state index in [2.05, 4.69) is 22.2 Å². The molecule has 1 aromatic carbocycles. The summed E-state index contributed by atoms with van der Waals surface area (Å²) in [5.74, 6) is 0.682. The molecule has 0 spiro atoms. The summed E-state index contributed by atoms with van der Waals surface area (Å²) in [5, 5.41) is 6.01. The van der Waals surface area contributed by atoms with Gasteiger partial charge in [-0.05, 0) is 30.2 Å². The predicted octanol–water partition coefficient (Wildman–Crippen LogP) is 2.66. The van der Waals surface area contributed by atoms with Crippen molar-refractivity contribution in [3.8, 4) is 5.75 Å². The lowest BCUT2D eigenvalue weighted by atomic mass is 10.1. The molecule has 2 aromatic rings. The van der Waals surface area contributed by atoms with Crippen LogP contribution in [0.1, 0.15) is 15.9 Å². The number of nitrogens with zero attached hydrogens (tertiary/aromatic N) is 1. The maximum absolute atomic E-state index is 12.2. The van der Waals surface area contributed by atoms with Gasteiger partial charge in [0.15, 0.2) is 0 Å². The van der Waals surface area contributed by atoms with Crippen LogP contribution in [-0.4, -0.2) is 31.1 Å². The summed E-state index contributed by atoms with van der Waals surface area (Å²) in [4.78, 5) is 16.2. The molecule has 0 saturated carbocycles. The van der Waals surface area contributed by atoms with Gasteiger partial charge in [-0.1, -0.05) is 18.2 Å². The second-order valence-electron chi connectivity index (χ2n) is 4.99. The monoisotopic (exact) mass is 311 g/mol. The third-order valence-electron chi connectivity index (χ3n) is 3.28. The van der Waals surface area contributed by atoms with Gasteiger partial charge in [-0.3, -0.25) is 9.78 Å². The summed E-state index contributed by atoms with van der Waals surface area (Å²) in [6.07, 6.45) is 5.72. The lowest BCUT2D eigenvalue weighted by Crippen LogP contribution is -2.25. The maximum atomic E-state index is 12.2. The number of anilines is 1. The number of amides is 1. The third kappa shape index (κ3) is 5.14. The minimum Gasteiger partial charge on any atom is -0.497 e. The first-order chi connectivity index (χ1) is 11.2. The summed E-state index contributed by atoms with van der Waals surface area (Å²) in [5.41, 5.74) is 2.44. The SMILES string of the molecule is C=CCNc1cncc(C(=O)NCCc2cccc(OC)c2)c1. The van der Waals surface area contributed by atoms with Crippen LogP contribution in [0.4, 0.5) is 5.69 Å². The zero-order valence-electron chi connectivity index (χ0n) is 13.2. The first kappa shape index (κ1) is 16.5. The second kappa shape index (κ2) is 8.58. The molecular formula is C18H21N3O2. The van der Waals surface area contributed by atoms with Crippen LogP contribution in [0.3, 0.4) is 0 Å². The van der Waals surface area contributed by atoms with Gasteiger partial charge in [0.25, 0.3) is 5.91 Å². The van der Waals surface area contributed by atoms with Crippen molar-refractivity contribution >= 4 is 11.6 Å². The van der Waals surface area contributed by atoms with Crippen LogP contribution < -0.4 is 15.4 Å². The Labute approximate surface area is 136 Å². The number of carbonyl (C=O) groups is 1. The van der Waals surface area contributed by atoms with Gasteiger partial charge in [0.1, 0.15) is 5.75 Å². The Hall–Kier alpha value is -2.82. The van der Waals surface area contributed by atoms with E-state index in [-0.39, 0.29) is 5.91 Å². The lowest BCUT2D eigenvalue weighted by Gasteiger charge is -2.08. The van der Waals surface area contributed by atoms with Crippen molar-refractivity contribution in [2.75, 3.05) is 25.5 Å². The van der Waals surface area contributed by atoms with Crippen LogP contribution in [0.25, 0.3) is 0 Å². The Bertz CT molecular complexity index is 671. The number of rotatable bonds is 8. The molecule has 1 heterocycles. The average molecular weight is 311 g/mol. The number of nitrogens with one attached hydrogen (secondary N) is 2. The summed E-state index contributed by atoms with van der Waals surface area (Å²) in [7, 11) is 1.64. The maximum Gasteiger partial charge on any atom is 0.252 e. The number of hydrogen-bond acceptors (Lipinski definition) is 4. The predicted molar refractivity (Wildman–Crippen MR) is 92.0 cm³/mol. The largest absolute Gasteiger partial charge is 0.497 e. The molecule has 0 saturated heterocycles. The molecule has 0 aliphatic heterocycles. The van der Waals surface area contributed by atoms with Crippen molar-refractivity contribution in [3.63, 3.8) is 0 Å². The molecule has 1 aromatic heterocycles. The summed E-state index contributed by atoms with van der Waals surface area (Å²) >= 11 is 0. The van der Waals surface area contributed by atoms with Crippen LogP contribution in [0.2, 0.25) is 0 Å². The molecule has 0 bridgehead atoms. The number of benzene rings is 1. The highest BCUT2D eigenvalue weighted by Crippen LogP contribution is 2.13. The molecule has 5 heteroatoms. The quantitative estimate of drug-likeness (QED) is 0.736. The smallest absolute Gasteiger partial charge is 0.252 e. The van der Waals surface area contributed by atoms with Gasteiger partial charge in [0.2, 0.25) is 0 Å². The van der Waals surface area contributed by atoms with Crippen LogP contribution in [0, 0.1) is 0 Å². The molecule has 1 amide bonds. The standard InChI is InChI=1S/C18H21N3O2/c1-3-8-20-16-11-15(12-19-13-16)18(22)21-9-7-14-5-4-6-17(10-14)23-2/h3-6,10-13,20H,1,7-9H2,2H3,(H,21,22). The van der Waals surface area contributed by atoms with Crippen LogP contribution in [0.15, 0.2) is 55.4 Å². The van der Waals surface area contributed by atoms with Crippen LogP contribution in [0.5, 0.6) is 5.75 Å². The number of ether oxygens (including phenoxy) is 1. The lowest BCUT2D eigenvalue weighted by molar-refractivity contribution is 0.0954. The van der Waals surface area contributed by atoms with Gasteiger partial charge in [0.05, 0.1) is 18.4 Å². The van der Waals surface area contributed by atoms with E-state index in [0.29, 0.717) is 18.7 Å². The molecule has 2 rings (SSSR count). The average Bonchev–Trinajstić information content (AvgIpc) is 2.60. The van der Waals surface area contributed by atoms with Crippen molar-refractivity contribution in [2.24, 2.45) is 0 Å². The van der Waals surface area contributed by atoms with E-state index in [1.165, 1.54) is 0 Å². The Morgan fingerprint density at radius 1 is 1.35 bits per heavy atom. The molecule has 5 nitrogen and oxygen atoms in total. The second-order valence-corrected chi connectivity index (χ2v) is 4.99. The fourth-order valence-electron chi connectivity index (χ4n) is 2.10. The highest BCUT2D eigenvalue weighted by atomic mass is 16.5. The highest BCUT2D eigenvalue weighted by Gasteiger charge is 2.06. The van der Waals surface area contributed by atoms with E-state index in [1.54, 1.807) is 31.6 Å². The molecule has 120 valence electrons. The molecule has 23 heavy (non-hydrogen) atoms. The first-order valence-electron chi connectivity index (χ1n) is 7.44. The van der Waals surface area contributed by atoms with E-state index < -0.39 is 0 Å². The molecule has 0 aliphatic carbocycles. The number of carbonyl (C=O) groups excluding carboxylic acids is 1. The zero-order chi connectivity index (χ0) is 16.5. The normalized spacial score (nSPS) is 9.96. The van der Waals surface area contributed by atoms with Crippen molar-refractivity contribution in [3.05, 3.63) is 66.5 Å².